The maximum absolute atomic E-state index is 6.06. The molecule has 0 heterocycles. The topological polar surface area (TPSA) is 0 Å². The molecule has 0 N–H and O–H groups in total. The molecule has 1 saturated carbocycles. The van der Waals surface area contributed by atoms with Crippen LogP contribution in [0.25, 0.3) is 5.57 Å². The predicted octanol–water partition coefficient (Wildman–Crippen LogP) is 5.10. The second kappa shape index (κ2) is 4.03. The van der Waals surface area contributed by atoms with Crippen LogP contribution in [0.1, 0.15) is 31.7 Å². The van der Waals surface area contributed by atoms with E-state index in [4.69, 9.17) is 11.6 Å². The van der Waals surface area contributed by atoms with Crippen LogP contribution in [-0.4, -0.2) is 0 Å². The number of benzene rings is 1. The molecule has 0 radical (unpaired) electrons. The predicted molar refractivity (Wildman–Crippen MR) is 74.0 cm³/mol. The van der Waals surface area contributed by atoms with Crippen LogP contribution < -0.4 is 0 Å². The van der Waals surface area contributed by atoms with Crippen molar-refractivity contribution in [2.75, 3.05) is 0 Å². The van der Waals surface area contributed by atoms with Gasteiger partial charge in [-0.25, -0.2) is 0 Å². The molecule has 0 bridgehead atoms. The lowest BCUT2D eigenvalue weighted by Gasteiger charge is -2.27. The van der Waals surface area contributed by atoms with E-state index in [0.717, 1.165) is 17.4 Å². The standard InChI is InChI=1S/C16H17Cl/c1-16(14-7-8-14)9-3-5-13(11-16)12-4-2-6-15(17)10-12/h2-4,6,9-11,14H,5,7-8H2,1H3. The maximum atomic E-state index is 6.06. The van der Waals surface area contributed by atoms with Gasteiger partial charge in [-0.1, -0.05) is 48.9 Å². The first-order chi connectivity index (χ1) is 8.17. The fourth-order valence-corrected chi connectivity index (χ4v) is 2.96. The average molecular weight is 245 g/mol. The third kappa shape index (κ3) is 2.19. The summed E-state index contributed by atoms with van der Waals surface area (Å²) < 4.78 is 0. The highest BCUT2D eigenvalue weighted by molar-refractivity contribution is 6.30. The molecule has 0 saturated heterocycles. The van der Waals surface area contributed by atoms with Gasteiger partial charge in [0.2, 0.25) is 0 Å². The second-order valence-electron chi connectivity index (χ2n) is 5.43. The van der Waals surface area contributed by atoms with Crippen molar-refractivity contribution in [3.05, 3.63) is 53.1 Å². The molecule has 88 valence electrons. The zero-order valence-electron chi connectivity index (χ0n) is 10.1. The van der Waals surface area contributed by atoms with Crippen LogP contribution in [0.15, 0.2) is 42.5 Å². The lowest BCUT2D eigenvalue weighted by molar-refractivity contribution is 0.469. The zero-order valence-corrected chi connectivity index (χ0v) is 10.9. The van der Waals surface area contributed by atoms with Crippen molar-refractivity contribution >= 4 is 17.2 Å². The van der Waals surface area contributed by atoms with E-state index >= 15 is 0 Å². The second-order valence-corrected chi connectivity index (χ2v) is 5.86. The number of allylic oxidation sites excluding steroid dienone is 4. The molecule has 0 aromatic heterocycles. The molecular formula is C16H17Cl. The van der Waals surface area contributed by atoms with E-state index in [9.17, 15) is 0 Å². The normalized spacial score (nSPS) is 28.0. The van der Waals surface area contributed by atoms with Crippen LogP contribution in [0.5, 0.6) is 0 Å². The van der Waals surface area contributed by atoms with E-state index < -0.39 is 0 Å². The largest absolute Gasteiger partial charge is 0.0843 e. The lowest BCUT2D eigenvalue weighted by Crippen LogP contribution is -2.15. The van der Waals surface area contributed by atoms with E-state index in [0.29, 0.717) is 0 Å². The summed E-state index contributed by atoms with van der Waals surface area (Å²) in [5.41, 5.74) is 2.97. The summed E-state index contributed by atoms with van der Waals surface area (Å²) >= 11 is 6.06. The fourth-order valence-electron chi connectivity index (χ4n) is 2.77. The maximum Gasteiger partial charge on any atom is 0.0412 e. The van der Waals surface area contributed by atoms with E-state index in [2.05, 4.69) is 37.3 Å². The van der Waals surface area contributed by atoms with E-state index in [-0.39, 0.29) is 5.41 Å². The summed E-state index contributed by atoms with van der Waals surface area (Å²) in [6, 6.07) is 8.19. The summed E-state index contributed by atoms with van der Waals surface area (Å²) in [6.45, 7) is 2.35. The Morgan fingerprint density at radius 1 is 1.29 bits per heavy atom. The van der Waals surface area contributed by atoms with Crippen molar-refractivity contribution in [1.82, 2.24) is 0 Å². The Kier molecular flexibility index (Phi) is 2.63. The number of hydrogen-bond acceptors (Lipinski definition) is 0. The van der Waals surface area contributed by atoms with Crippen molar-refractivity contribution < 1.29 is 0 Å². The molecule has 1 fully saturated rings. The van der Waals surface area contributed by atoms with Gasteiger partial charge >= 0.3 is 0 Å². The highest BCUT2D eigenvalue weighted by Gasteiger charge is 2.39. The Labute approximate surface area is 108 Å². The minimum Gasteiger partial charge on any atom is -0.0843 e. The first-order valence-corrected chi connectivity index (χ1v) is 6.70. The zero-order chi connectivity index (χ0) is 11.9. The van der Waals surface area contributed by atoms with Crippen LogP contribution in [0.4, 0.5) is 0 Å². The van der Waals surface area contributed by atoms with Crippen molar-refractivity contribution in [2.45, 2.75) is 26.2 Å². The number of rotatable bonds is 2. The van der Waals surface area contributed by atoms with Gasteiger partial charge in [-0.3, -0.25) is 0 Å². The molecule has 0 spiro atoms. The summed E-state index contributed by atoms with van der Waals surface area (Å²) in [5.74, 6) is 0.855. The Morgan fingerprint density at radius 3 is 2.82 bits per heavy atom. The lowest BCUT2D eigenvalue weighted by atomic mass is 9.78. The monoisotopic (exact) mass is 244 g/mol. The van der Waals surface area contributed by atoms with Gasteiger partial charge in [0.1, 0.15) is 0 Å². The Bertz CT molecular complexity index is 494. The number of hydrogen-bond donors (Lipinski definition) is 0. The molecule has 1 atom stereocenters. The quantitative estimate of drug-likeness (QED) is 0.635. The van der Waals surface area contributed by atoms with Crippen LogP contribution in [0.2, 0.25) is 5.02 Å². The highest BCUT2D eigenvalue weighted by Crippen LogP contribution is 2.50. The molecule has 1 aromatic rings. The minimum atomic E-state index is 0.274. The van der Waals surface area contributed by atoms with Crippen LogP contribution >= 0.6 is 11.6 Å². The highest BCUT2D eigenvalue weighted by atomic mass is 35.5. The molecule has 1 aromatic carbocycles. The Balaban J connectivity index is 1.95. The average Bonchev–Trinajstić information content (AvgIpc) is 3.13. The van der Waals surface area contributed by atoms with Gasteiger partial charge < -0.3 is 0 Å². The van der Waals surface area contributed by atoms with Gasteiger partial charge in [0, 0.05) is 10.4 Å². The van der Waals surface area contributed by atoms with Crippen molar-refractivity contribution in [3.8, 4) is 0 Å². The van der Waals surface area contributed by atoms with Gasteiger partial charge in [-0.15, -0.1) is 0 Å². The van der Waals surface area contributed by atoms with Crippen molar-refractivity contribution in [1.29, 1.82) is 0 Å². The molecule has 1 unspecified atom stereocenters. The molecule has 3 rings (SSSR count). The van der Waals surface area contributed by atoms with Crippen molar-refractivity contribution in [2.24, 2.45) is 11.3 Å². The smallest absolute Gasteiger partial charge is 0.0412 e. The van der Waals surface area contributed by atoms with Gasteiger partial charge in [0.25, 0.3) is 0 Å². The van der Waals surface area contributed by atoms with E-state index in [1.807, 2.05) is 12.1 Å². The SMILES string of the molecule is CC1(C2CC2)C=CCC(c2cccc(Cl)c2)=C1. The molecule has 0 amide bonds. The molecule has 17 heavy (non-hydrogen) atoms. The van der Waals surface area contributed by atoms with Crippen LogP contribution in [0.3, 0.4) is 0 Å². The molecule has 0 aliphatic heterocycles. The molecule has 0 nitrogen and oxygen atoms in total. The van der Waals surface area contributed by atoms with Gasteiger partial charge in [0.05, 0.1) is 0 Å². The third-order valence-corrected chi connectivity index (χ3v) is 4.19. The molecule has 2 aliphatic rings. The number of halogens is 1. The summed E-state index contributed by atoms with van der Waals surface area (Å²) in [7, 11) is 0. The van der Waals surface area contributed by atoms with Crippen molar-refractivity contribution in [3.63, 3.8) is 0 Å². The summed E-state index contributed by atoms with van der Waals surface area (Å²) in [4.78, 5) is 0. The Morgan fingerprint density at radius 2 is 2.12 bits per heavy atom. The first kappa shape index (κ1) is 11.1. The minimum absolute atomic E-state index is 0.274. The van der Waals surface area contributed by atoms with Crippen LogP contribution in [-0.2, 0) is 0 Å². The first-order valence-electron chi connectivity index (χ1n) is 6.33. The van der Waals surface area contributed by atoms with Gasteiger partial charge in [0.15, 0.2) is 0 Å². The van der Waals surface area contributed by atoms with Gasteiger partial charge in [-0.05, 0) is 48.4 Å². The molecular weight excluding hydrogens is 228 g/mol. The fraction of sp³-hybridized carbons (Fsp3) is 0.375. The Hall–Kier alpha value is -1.01. The third-order valence-electron chi connectivity index (χ3n) is 3.95. The summed E-state index contributed by atoms with van der Waals surface area (Å²) in [5, 5.41) is 0.825. The molecule has 2 aliphatic carbocycles. The summed E-state index contributed by atoms with van der Waals surface area (Å²) in [6.07, 6.45) is 10.9. The molecule has 1 heteroatoms. The van der Waals surface area contributed by atoms with E-state index in [1.165, 1.54) is 24.0 Å². The van der Waals surface area contributed by atoms with Gasteiger partial charge in [-0.2, -0.15) is 0 Å². The van der Waals surface area contributed by atoms with E-state index in [1.54, 1.807) is 0 Å². The van der Waals surface area contributed by atoms with Crippen LogP contribution in [0, 0.1) is 11.3 Å².